The van der Waals surface area contributed by atoms with E-state index < -0.39 is 0 Å². The molecule has 1 radical (unpaired) electrons. The highest BCUT2D eigenvalue weighted by atomic mass is 14.3. The predicted octanol–water partition coefficient (Wildman–Crippen LogP) is 4.45. The van der Waals surface area contributed by atoms with Gasteiger partial charge in [-0.2, -0.15) is 0 Å². The Balaban J connectivity index is 3.47. The maximum Gasteiger partial charge on any atom is -0.0329 e. The molecule has 0 N–H and O–H groups in total. The summed E-state index contributed by atoms with van der Waals surface area (Å²) in [4.78, 5) is 0. The van der Waals surface area contributed by atoms with Gasteiger partial charge in [0.2, 0.25) is 0 Å². The van der Waals surface area contributed by atoms with E-state index in [0.717, 1.165) is 0 Å². The molecule has 0 aromatic carbocycles. The van der Waals surface area contributed by atoms with Crippen LogP contribution in [-0.4, -0.2) is 0 Å². The minimum absolute atomic E-state index is 0.438. The van der Waals surface area contributed by atoms with Crippen LogP contribution in [-0.2, 0) is 0 Å². The van der Waals surface area contributed by atoms with Crippen LogP contribution in [0.4, 0.5) is 0 Å². The summed E-state index contributed by atoms with van der Waals surface area (Å²) < 4.78 is 0. The molecule has 0 saturated carbocycles. The van der Waals surface area contributed by atoms with Gasteiger partial charge in [-0.15, -0.1) is 0 Å². The summed E-state index contributed by atoms with van der Waals surface area (Å²) in [5.74, 6) is 0.569. The number of unbranched alkanes of at least 4 members (excludes halogenated alkanes) is 3. The standard InChI is InChI=1S/C12H25/c1-6-7-8-9-10-12(4,5)11(2)3/h11H,2,6-10H2,1,3-5H3. The maximum absolute atomic E-state index is 4.11. The summed E-state index contributed by atoms with van der Waals surface area (Å²) >= 11 is 0. The molecule has 1 unspecified atom stereocenters. The van der Waals surface area contributed by atoms with Crippen LogP contribution >= 0.6 is 0 Å². The molecule has 73 valence electrons. The SMILES string of the molecule is [CH2]C(C)C(C)(C)CCCCCC. The highest BCUT2D eigenvalue weighted by molar-refractivity contribution is 4.76. The molecule has 0 bridgehead atoms. The Labute approximate surface area is 78.8 Å². The van der Waals surface area contributed by atoms with E-state index in [4.69, 9.17) is 0 Å². The van der Waals surface area contributed by atoms with Crippen LogP contribution in [0.15, 0.2) is 0 Å². The largest absolute Gasteiger partial charge is 0.0654 e. The van der Waals surface area contributed by atoms with Gasteiger partial charge in [-0.25, -0.2) is 0 Å². The Morgan fingerprint density at radius 3 is 2.17 bits per heavy atom. The van der Waals surface area contributed by atoms with Gasteiger partial charge in [-0.1, -0.05) is 53.4 Å². The van der Waals surface area contributed by atoms with E-state index in [2.05, 4.69) is 34.6 Å². The third kappa shape index (κ3) is 4.79. The molecule has 12 heavy (non-hydrogen) atoms. The molecule has 1 atom stereocenters. The van der Waals surface area contributed by atoms with Crippen molar-refractivity contribution in [3.63, 3.8) is 0 Å². The lowest BCUT2D eigenvalue weighted by molar-refractivity contribution is 0.242. The average Bonchev–Trinajstić information content (AvgIpc) is 1.98. The lowest BCUT2D eigenvalue weighted by Crippen LogP contribution is -2.18. The quantitative estimate of drug-likeness (QED) is 0.515. The molecule has 0 heteroatoms. The summed E-state index contributed by atoms with van der Waals surface area (Å²) in [6.45, 7) is 13.3. The molecule has 0 saturated heterocycles. The van der Waals surface area contributed by atoms with Crippen LogP contribution in [0.3, 0.4) is 0 Å². The summed E-state index contributed by atoms with van der Waals surface area (Å²) in [6, 6.07) is 0. The van der Waals surface area contributed by atoms with E-state index in [1.54, 1.807) is 0 Å². The van der Waals surface area contributed by atoms with Gasteiger partial charge >= 0.3 is 0 Å². The van der Waals surface area contributed by atoms with Gasteiger partial charge in [0.15, 0.2) is 0 Å². The first-order chi connectivity index (χ1) is 5.50. The molecule has 0 aliphatic rings. The van der Waals surface area contributed by atoms with Crippen molar-refractivity contribution in [2.45, 2.75) is 59.8 Å². The fourth-order valence-electron chi connectivity index (χ4n) is 1.25. The van der Waals surface area contributed by atoms with Crippen molar-refractivity contribution in [1.82, 2.24) is 0 Å². The fraction of sp³-hybridized carbons (Fsp3) is 0.917. The second-order valence-corrected chi connectivity index (χ2v) is 4.70. The Morgan fingerprint density at radius 2 is 1.75 bits per heavy atom. The molecule has 0 heterocycles. The van der Waals surface area contributed by atoms with Gasteiger partial charge in [0.05, 0.1) is 0 Å². The maximum atomic E-state index is 4.11. The molecule has 0 aromatic rings. The highest BCUT2D eigenvalue weighted by Crippen LogP contribution is 2.31. The lowest BCUT2D eigenvalue weighted by atomic mass is 9.77. The molecule has 0 spiro atoms. The topological polar surface area (TPSA) is 0 Å². The van der Waals surface area contributed by atoms with Crippen molar-refractivity contribution in [3.8, 4) is 0 Å². The Morgan fingerprint density at radius 1 is 1.17 bits per heavy atom. The normalized spacial score (nSPS) is 12.5. The third-order valence-corrected chi connectivity index (χ3v) is 3.01. The monoisotopic (exact) mass is 169 g/mol. The molecule has 0 fully saturated rings. The summed E-state index contributed by atoms with van der Waals surface area (Å²) in [6.07, 6.45) is 6.83. The second kappa shape index (κ2) is 5.61. The smallest absolute Gasteiger partial charge is 0.0329 e. The van der Waals surface area contributed by atoms with Gasteiger partial charge in [-0.05, 0) is 24.7 Å². The molecule has 0 nitrogen and oxygen atoms in total. The summed E-state index contributed by atoms with van der Waals surface area (Å²) in [7, 11) is 0. The first-order valence-electron chi connectivity index (χ1n) is 5.33. The Bertz CT molecular complexity index is 101. The predicted molar refractivity (Wildman–Crippen MR) is 57.1 cm³/mol. The molecular weight excluding hydrogens is 144 g/mol. The minimum atomic E-state index is 0.438. The van der Waals surface area contributed by atoms with Gasteiger partial charge < -0.3 is 0 Å². The van der Waals surface area contributed by atoms with Crippen LogP contribution in [0.25, 0.3) is 0 Å². The lowest BCUT2D eigenvalue weighted by Gasteiger charge is -2.29. The van der Waals surface area contributed by atoms with Crippen LogP contribution in [0.2, 0.25) is 0 Å². The van der Waals surface area contributed by atoms with Gasteiger partial charge in [0, 0.05) is 0 Å². The zero-order valence-corrected chi connectivity index (χ0v) is 9.32. The van der Waals surface area contributed by atoms with E-state index in [1.807, 2.05) is 0 Å². The van der Waals surface area contributed by atoms with E-state index >= 15 is 0 Å². The zero-order chi connectivity index (χ0) is 9.61. The second-order valence-electron chi connectivity index (χ2n) is 4.70. The van der Waals surface area contributed by atoms with Gasteiger partial charge in [-0.3, -0.25) is 0 Å². The number of hydrogen-bond donors (Lipinski definition) is 0. The summed E-state index contributed by atoms with van der Waals surface area (Å²) in [5, 5.41) is 0. The Kier molecular flexibility index (Phi) is 5.61. The van der Waals surface area contributed by atoms with Crippen molar-refractivity contribution < 1.29 is 0 Å². The van der Waals surface area contributed by atoms with Crippen LogP contribution in [0, 0.1) is 18.3 Å². The molecule has 0 aliphatic carbocycles. The van der Waals surface area contributed by atoms with Crippen molar-refractivity contribution in [3.05, 3.63) is 6.92 Å². The molecule has 0 rings (SSSR count). The molecule has 0 aliphatic heterocycles. The highest BCUT2D eigenvalue weighted by Gasteiger charge is 2.21. The van der Waals surface area contributed by atoms with Crippen molar-refractivity contribution in [2.24, 2.45) is 11.3 Å². The van der Waals surface area contributed by atoms with E-state index in [0.29, 0.717) is 11.3 Å². The van der Waals surface area contributed by atoms with Crippen LogP contribution in [0.5, 0.6) is 0 Å². The molecular formula is C12H25. The van der Waals surface area contributed by atoms with E-state index in [-0.39, 0.29) is 0 Å². The number of hydrogen-bond acceptors (Lipinski definition) is 0. The first kappa shape index (κ1) is 12.0. The van der Waals surface area contributed by atoms with E-state index in [1.165, 1.54) is 32.1 Å². The fourth-order valence-corrected chi connectivity index (χ4v) is 1.25. The minimum Gasteiger partial charge on any atom is -0.0654 e. The van der Waals surface area contributed by atoms with Crippen LogP contribution in [0.1, 0.15) is 59.8 Å². The number of rotatable bonds is 6. The van der Waals surface area contributed by atoms with Crippen molar-refractivity contribution in [1.29, 1.82) is 0 Å². The van der Waals surface area contributed by atoms with Crippen molar-refractivity contribution in [2.75, 3.05) is 0 Å². The molecule has 0 aromatic heterocycles. The van der Waals surface area contributed by atoms with Gasteiger partial charge in [0.25, 0.3) is 0 Å². The average molecular weight is 169 g/mol. The molecule has 0 amide bonds. The van der Waals surface area contributed by atoms with Crippen LogP contribution < -0.4 is 0 Å². The summed E-state index contributed by atoms with van der Waals surface area (Å²) in [5.41, 5.74) is 0.438. The first-order valence-corrected chi connectivity index (χ1v) is 5.33. The zero-order valence-electron chi connectivity index (χ0n) is 9.32. The third-order valence-electron chi connectivity index (χ3n) is 3.01. The Hall–Kier alpha value is 0. The van der Waals surface area contributed by atoms with Crippen molar-refractivity contribution >= 4 is 0 Å². The van der Waals surface area contributed by atoms with E-state index in [9.17, 15) is 0 Å². The van der Waals surface area contributed by atoms with Gasteiger partial charge in [0.1, 0.15) is 0 Å².